The molecule has 4 aromatic carbocycles. The van der Waals surface area contributed by atoms with Crippen LogP contribution in [0.1, 0.15) is 0 Å². The fourth-order valence-corrected chi connectivity index (χ4v) is 3.69. The van der Waals surface area contributed by atoms with Gasteiger partial charge in [-0.25, -0.2) is 0 Å². The van der Waals surface area contributed by atoms with E-state index in [4.69, 9.17) is 0 Å². The van der Waals surface area contributed by atoms with Crippen molar-refractivity contribution in [3.8, 4) is 34.1 Å². The molecule has 0 aromatic heterocycles. The number of aromatic hydroxyl groups is 4. The third-order valence-corrected chi connectivity index (χ3v) is 4.57. The zero-order valence-corrected chi connectivity index (χ0v) is 11.3. The van der Waals surface area contributed by atoms with Crippen LogP contribution in [0.4, 0.5) is 0 Å². The van der Waals surface area contributed by atoms with Gasteiger partial charge in [0.2, 0.25) is 5.75 Å². The molecular formula is C18H10O4. The molecule has 5 rings (SSSR count). The second-order valence-corrected chi connectivity index (χ2v) is 5.63. The average Bonchev–Trinajstić information content (AvgIpc) is 2.86. The Balaban J connectivity index is 2.28. The number of rotatable bonds is 0. The van der Waals surface area contributed by atoms with Crippen LogP contribution in [0.2, 0.25) is 0 Å². The molecule has 1 aliphatic carbocycles. The third kappa shape index (κ3) is 1.04. The summed E-state index contributed by atoms with van der Waals surface area (Å²) in [6, 6.07) is 11.1. The van der Waals surface area contributed by atoms with Crippen LogP contribution in [0.5, 0.6) is 23.0 Å². The normalized spacial score (nSPS) is 12.4. The third-order valence-electron chi connectivity index (χ3n) is 4.57. The Morgan fingerprint density at radius 3 is 2.18 bits per heavy atom. The van der Waals surface area contributed by atoms with Crippen LogP contribution in [-0.4, -0.2) is 20.4 Å². The number of phenols is 4. The summed E-state index contributed by atoms with van der Waals surface area (Å²) in [5.41, 5.74) is 1.25. The maximum atomic E-state index is 10.3. The lowest BCUT2D eigenvalue weighted by Crippen LogP contribution is -1.82. The Morgan fingerprint density at radius 2 is 1.36 bits per heavy atom. The summed E-state index contributed by atoms with van der Waals surface area (Å²) < 4.78 is 0. The fourth-order valence-electron chi connectivity index (χ4n) is 3.69. The predicted octanol–water partition coefficient (Wildman–Crippen LogP) is 3.95. The van der Waals surface area contributed by atoms with Crippen LogP contribution in [0, 0.1) is 0 Å². The molecule has 0 atom stereocenters. The van der Waals surface area contributed by atoms with Crippen molar-refractivity contribution in [2.45, 2.75) is 0 Å². The number of phenolic OH excluding ortho intramolecular Hbond substituents is 4. The smallest absolute Gasteiger partial charge is 0.201 e. The van der Waals surface area contributed by atoms with Crippen molar-refractivity contribution in [2.24, 2.45) is 0 Å². The highest BCUT2D eigenvalue weighted by Crippen LogP contribution is 2.58. The van der Waals surface area contributed by atoms with E-state index < -0.39 is 11.5 Å². The van der Waals surface area contributed by atoms with Gasteiger partial charge >= 0.3 is 0 Å². The van der Waals surface area contributed by atoms with Gasteiger partial charge in [0.1, 0.15) is 5.75 Å². The molecule has 0 fully saturated rings. The van der Waals surface area contributed by atoms with Crippen LogP contribution in [0.3, 0.4) is 0 Å². The minimum Gasteiger partial charge on any atom is -0.507 e. The molecule has 106 valence electrons. The molecule has 4 heteroatoms. The highest BCUT2D eigenvalue weighted by molar-refractivity contribution is 6.35. The molecule has 1 aliphatic rings. The van der Waals surface area contributed by atoms with Gasteiger partial charge in [0.25, 0.3) is 0 Å². The summed E-state index contributed by atoms with van der Waals surface area (Å²) in [4.78, 5) is 0. The first-order valence-electron chi connectivity index (χ1n) is 6.88. The van der Waals surface area contributed by atoms with Gasteiger partial charge in [-0.1, -0.05) is 30.3 Å². The first kappa shape index (κ1) is 11.5. The number of benzene rings is 4. The first-order valence-corrected chi connectivity index (χ1v) is 6.88. The minimum atomic E-state index is -0.609. The largest absolute Gasteiger partial charge is 0.507 e. The molecule has 0 saturated carbocycles. The molecule has 0 spiro atoms. The Labute approximate surface area is 124 Å². The summed E-state index contributed by atoms with van der Waals surface area (Å²) in [7, 11) is 0. The van der Waals surface area contributed by atoms with Gasteiger partial charge in [0, 0.05) is 10.9 Å². The SMILES string of the molecule is Oc1c(O)c2c3c(c(O)cc4ccc5cccc-2c5c43)c1O. The lowest BCUT2D eigenvalue weighted by molar-refractivity contribution is 0.371. The van der Waals surface area contributed by atoms with E-state index in [1.165, 1.54) is 0 Å². The summed E-state index contributed by atoms with van der Waals surface area (Å²) in [5, 5.41) is 45.2. The van der Waals surface area contributed by atoms with E-state index in [1.807, 2.05) is 30.3 Å². The Kier molecular flexibility index (Phi) is 1.76. The fraction of sp³-hybridized carbons (Fsp3) is 0. The van der Waals surface area contributed by atoms with Gasteiger partial charge in [-0.3, -0.25) is 0 Å². The van der Waals surface area contributed by atoms with Gasteiger partial charge < -0.3 is 20.4 Å². The Bertz CT molecular complexity index is 1160. The van der Waals surface area contributed by atoms with E-state index in [-0.39, 0.29) is 16.9 Å². The zero-order valence-electron chi connectivity index (χ0n) is 11.3. The second-order valence-electron chi connectivity index (χ2n) is 5.63. The van der Waals surface area contributed by atoms with Gasteiger partial charge in [-0.15, -0.1) is 0 Å². The van der Waals surface area contributed by atoms with Crippen LogP contribution in [0.25, 0.3) is 43.4 Å². The maximum Gasteiger partial charge on any atom is 0.201 e. The van der Waals surface area contributed by atoms with Gasteiger partial charge in [-0.05, 0) is 33.2 Å². The molecule has 4 aromatic rings. The molecule has 0 bridgehead atoms. The first-order chi connectivity index (χ1) is 10.6. The molecule has 0 unspecified atom stereocenters. The van der Waals surface area contributed by atoms with Crippen molar-refractivity contribution < 1.29 is 20.4 Å². The molecule has 4 N–H and O–H groups in total. The van der Waals surface area contributed by atoms with Crippen molar-refractivity contribution in [3.63, 3.8) is 0 Å². The molecule has 0 heterocycles. The lowest BCUT2D eigenvalue weighted by Gasteiger charge is -2.11. The van der Waals surface area contributed by atoms with E-state index in [9.17, 15) is 20.4 Å². The van der Waals surface area contributed by atoms with E-state index in [0.717, 1.165) is 27.1 Å². The summed E-state index contributed by atoms with van der Waals surface area (Å²) >= 11 is 0. The van der Waals surface area contributed by atoms with Crippen molar-refractivity contribution in [3.05, 3.63) is 36.4 Å². The van der Waals surface area contributed by atoms with Crippen LogP contribution in [0.15, 0.2) is 36.4 Å². The highest BCUT2D eigenvalue weighted by atomic mass is 16.3. The van der Waals surface area contributed by atoms with Crippen molar-refractivity contribution in [2.75, 3.05) is 0 Å². The van der Waals surface area contributed by atoms with Crippen LogP contribution < -0.4 is 0 Å². The van der Waals surface area contributed by atoms with Crippen LogP contribution >= 0.6 is 0 Å². The number of hydrogen-bond acceptors (Lipinski definition) is 4. The Morgan fingerprint density at radius 1 is 0.591 bits per heavy atom. The standard InChI is InChI=1S/C18H10O4/c19-10-6-8-5-4-7-2-1-3-9-11(7)12(8)15-13(9)16(20)18(22)17(21)14(10)15/h1-6,19-22H. The van der Waals surface area contributed by atoms with Gasteiger partial charge in [-0.2, -0.15) is 0 Å². The van der Waals surface area contributed by atoms with Crippen LogP contribution in [-0.2, 0) is 0 Å². The number of hydrogen-bond donors (Lipinski definition) is 4. The minimum absolute atomic E-state index is 0.122. The lowest BCUT2D eigenvalue weighted by atomic mass is 9.98. The summed E-state index contributed by atoms with van der Waals surface area (Å²) in [6.07, 6.45) is 0. The molecule has 0 aliphatic heterocycles. The van der Waals surface area contributed by atoms with Crippen molar-refractivity contribution in [1.82, 2.24) is 0 Å². The highest BCUT2D eigenvalue weighted by Gasteiger charge is 2.29. The molecule has 0 amide bonds. The van der Waals surface area contributed by atoms with E-state index in [0.29, 0.717) is 10.9 Å². The van der Waals surface area contributed by atoms with Crippen molar-refractivity contribution in [1.29, 1.82) is 0 Å². The quantitative estimate of drug-likeness (QED) is 0.257. The van der Waals surface area contributed by atoms with E-state index >= 15 is 0 Å². The molecular weight excluding hydrogens is 280 g/mol. The second kappa shape index (κ2) is 3.36. The maximum absolute atomic E-state index is 10.3. The topological polar surface area (TPSA) is 80.9 Å². The van der Waals surface area contributed by atoms with Crippen molar-refractivity contribution >= 4 is 32.3 Å². The summed E-state index contributed by atoms with van der Waals surface area (Å²) in [5.74, 6) is -1.59. The molecule has 22 heavy (non-hydrogen) atoms. The zero-order chi connectivity index (χ0) is 15.2. The van der Waals surface area contributed by atoms with E-state index in [2.05, 4.69) is 0 Å². The summed E-state index contributed by atoms with van der Waals surface area (Å²) in [6.45, 7) is 0. The van der Waals surface area contributed by atoms with Gasteiger partial charge in [0.15, 0.2) is 11.5 Å². The molecule has 0 radical (unpaired) electrons. The number of fused-ring (bicyclic) bond motifs is 1. The van der Waals surface area contributed by atoms with Gasteiger partial charge in [0.05, 0.1) is 5.39 Å². The predicted molar refractivity (Wildman–Crippen MR) is 84.6 cm³/mol. The van der Waals surface area contributed by atoms with E-state index in [1.54, 1.807) is 6.07 Å². The molecule has 4 nitrogen and oxygen atoms in total. The molecule has 0 saturated heterocycles. The average molecular weight is 290 g/mol. The Hall–Kier alpha value is -3.14. The monoisotopic (exact) mass is 290 g/mol.